The van der Waals surface area contributed by atoms with Crippen molar-refractivity contribution in [2.24, 2.45) is 0 Å². The molecule has 0 unspecified atom stereocenters. The number of carbonyl (C=O) groups is 1. The smallest absolute Gasteiger partial charge is 0.255 e. The fourth-order valence-corrected chi connectivity index (χ4v) is 2.46. The van der Waals surface area contributed by atoms with Gasteiger partial charge in [-0.3, -0.25) is 4.79 Å². The van der Waals surface area contributed by atoms with Gasteiger partial charge in [-0.05, 0) is 35.9 Å². The molecule has 1 heterocycles. The van der Waals surface area contributed by atoms with Crippen molar-refractivity contribution < 1.29 is 14.6 Å². The van der Waals surface area contributed by atoms with E-state index in [0.29, 0.717) is 27.6 Å². The first kappa shape index (κ1) is 13.6. The Morgan fingerprint density at radius 1 is 1.19 bits per heavy atom. The van der Waals surface area contributed by atoms with Gasteiger partial charge in [-0.15, -0.1) is 0 Å². The van der Waals surface area contributed by atoms with Crippen molar-refractivity contribution >= 4 is 23.2 Å². The summed E-state index contributed by atoms with van der Waals surface area (Å²) in [6.45, 7) is 0. The number of hydrogen-bond acceptors (Lipinski definition) is 4. The first-order chi connectivity index (χ1) is 10.1. The summed E-state index contributed by atoms with van der Waals surface area (Å²) >= 11 is 5.95. The Kier molecular flexibility index (Phi) is 3.35. The Balaban J connectivity index is 1.95. The molecule has 6 heteroatoms. The number of anilines is 1. The van der Waals surface area contributed by atoms with Crippen molar-refractivity contribution in [1.82, 2.24) is 5.32 Å². The molecule has 2 aromatic carbocycles. The van der Waals surface area contributed by atoms with E-state index in [1.165, 1.54) is 7.11 Å². The molecule has 0 aromatic heterocycles. The van der Waals surface area contributed by atoms with Gasteiger partial charge in [0, 0.05) is 5.02 Å². The van der Waals surface area contributed by atoms with E-state index in [1.54, 1.807) is 36.4 Å². The molecule has 0 saturated heterocycles. The van der Waals surface area contributed by atoms with E-state index in [9.17, 15) is 9.90 Å². The van der Waals surface area contributed by atoms with Crippen LogP contribution in [0.15, 0.2) is 36.4 Å². The summed E-state index contributed by atoms with van der Waals surface area (Å²) in [5.41, 5.74) is 1.91. The molecule has 5 nitrogen and oxygen atoms in total. The predicted molar refractivity (Wildman–Crippen MR) is 79.9 cm³/mol. The third-order valence-electron chi connectivity index (χ3n) is 3.34. The molecule has 0 radical (unpaired) electrons. The number of nitrogens with one attached hydrogen (secondary N) is 2. The molecule has 2 aromatic rings. The lowest BCUT2D eigenvalue weighted by molar-refractivity contribution is 0.0935. The largest absolute Gasteiger partial charge is 0.504 e. The number of phenols is 1. The van der Waals surface area contributed by atoms with E-state index < -0.39 is 6.17 Å². The zero-order valence-corrected chi connectivity index (χ0v) is 11.9. The summed E-state index contributed by atoms with van der Waals surface area (Å²) in [5.74, 6) is 0.202. The minimum absolute atomic E-state index is 0.0166. The SMILES string of the molecule is COc1ccc([C@@H]2NC(=O)c3ccc(Cl)cc3N2)cc1O. The van der Waals surface area contributed by atoms with Gasteiger partial charge in [0.1, 0.15) is 6.17 Å². The van der Waals surface area contributed by atoms with Crippen LogP contribution in [0, 0.1) is 0 Å². The summed E-state index contributed by atoms with van der Waals surface area (Å²) < 4.78 is 5.01. The van der Waals surface area contributed by atoms with Gasteiger partial charge in [0.2, 0.25) is 0 Å². The molecule has 0 fully saturated rings. The van der Waals surface area contributed by atoms with Gasteiger partial charge >= 0.3 is 0 Å². The fourth-order valence-electron chi connectivity index (χ4n) is 2.29. The molecule has 3 rings (SSSR count). The summed E-state index contributed by atoms with van der Waals surface area (Å²) in [6, 6.07) is 10.00. The van der Waals surface area contributed by atoms with Crippen LogP contribution in [0.5, 0.6) is 11.5 Å². The highest BCUT2D eigenvalue weighted by Crippen LogP contribution is 2.32. The molecule has 1 amide bonds. The highest BCUT2D eigenvalue weighted by atomic mass is 35.5. The van der Waals surface area contributed by atoms with Crippen LogP contribution in [0.25, 0.3) is 0 Å². The molecule has 0 saturated carbocycles. The molecule has 3 N–H and O–H groups in total. The van der Waals surface area contributed by atoms with Crippen molar-refractivity contribution in [2.75, 3.05) is 12.4 Å². The van der Waals surface area contributed by atoms with Crippen molar-refractivity contribution in [3.8, 4) is 11.5 Å². The zero-order valence-electron chi connectivity index (χ0n) is 11.2. The van der Waals surface area contributed by atoms with Crippen LogP contribution in [0.1, 0.15) is 22.1 Å². The second-order valence-corrected chi connectivity index (χ2v) is 5.11. The lowest BCUT2D eigenvalue weighted by Gasteiger charge is -2.28. The van der Waals surface area contributed by atoms with Gasteiger partial charge in [0.25, 0.3) is 5.91 Å². The molecule has 21 heavy (non-hydrogen) atoms. The normalized spacial score (nSPS) is 16.7. The highest BCUT2D eigenvalue weighted by molar-refractivity contribution is 6.31. The van der Waals surface area contributed by atoms with Crippen LogP contribution in [-0.2, 0) is 0 Å². The average molecular weight is 305 g/mol. The van der Waals surface area contributed by atoms with Gasteiger partial charge in [0.05, 0.1) is 18.4 Å². The molecule has 108 valence electrons. The maximum absolute atomic E-state index is 12.1. The number of hydrogen-bond donors (Lipinski definition) is 3. The summed E-state index contributed by atoms with van der Waals surface area (Å²) in [5, 5.41) is 16.4. The quantitative estimate of drug-likeness (QED) is 0.798. The van der Waals surface area contributed by atoms with Crippen LogP contribution < -0.4 is 15.4 Å². The van der Waals surface area contributed by atoms with Gasteiger partial charge in [0.15, 0.2) is 11.5 Å². The zero-order chi connectivity index (χ0) is 15.0. The number of carbonyl (C=O) groups excluding carboxylic acids is 1. The number of halogens is 1. The number of ether oxygens (including phenoxy) is 1. The Morgan fingerprint density at radius 3 is 2.71 bits per heavy atom. The minimum Gasteiger partial charge on any atom is -0.504 e. The lowest BCUT2D eigenvalue weighted by Crippen LogP contribution is -2.38. The number of benzene rings is 2. The molecule has 1 atom stereocenters. The van der Waals surface area contributed by atoms with Crippen LogP contribution in [0.4, 0.5) is 5.69 Å². The summed E-state index contributed by atoms with van der Waals surface area (Å²) in [4.78, 5) is 12.1. The summed E-state index contributed by atoms with van der Waals surface area (Å²) in [6.07, 6.45) is -0.444. The van der Waals surface area contributed by atoms with Crippen molar-refractivity contribution in [1.29, 1.82) is 0 Å². The Hall–Kier alpha value is -2.40. The van der Waals surface area contributed by atoms with E-state index in [0.717, 1.165) is 0 Å². The molecule has 1 aliphatic rings. The van der Waals surface area contributed by atoms with Gasteiger partial charge in [-0.25, -0.2) is 0 Å². The molecular formula is C15H13ClN2O3. The molecule has 0 bridgehead atoms. The first-order valence-corrected chi connectivity index (χ1v) is 6.70. The maximum atomic E-state index is 12.1. The molecule has 0 spiro atoms. The molecular weight excluding hydrogens is 292 g/mol. The van der Waals surface area contributed by atoms with E-state index >= 15 is 0 Å². The van der Waals surface area contributed by atoms with Crippen molar-refractivity contribution in [3.63, 3.8) is 0 Å². The number of phenolic OH excluding ortho intramolecular Hbond substituents is 1. The first-order valence-electron chi connectivity index (χ1n) is 6.32. The molecule has 1 aliphatic heterocycles. The third kappa shape index (κ3) is 2.48. The Bertz CT molecular complexity index is 718. The lowest BCUT2D eigenvalue weighted by atomic mass is 10.1. The predicted octanol–water partition coefficient (Wildman–Crippen LogP) is 2.91. The molecule has 0 aliphatic carbocycles. The topological polar surface area (TPSA) is 70.6 Å². The average Bonchev–Trinajstić information content (AvgIpc) is 2.46. The summed E-state index contributed by atoms with van der Waals surface area (Å²) in [7, 11) is 1.48. The van der Waals surface area contributed by atoms with E-state index in [-0.39, 0.29) is 11.7 Å². The van der Waals surface area contributed by atoms with E-state index in [2.05, 4.69) is 10.6 Å². The number of fused-ring (bicyclic) bond motifs is 1. The van der Waals surface area contributed by atoms with E-state index in [4.69, 9.17) is 16.3 Å². The number of aromatic hydroxyl groups is 1. The Labute approximate surface area is 126 Å². The third-order valence-corrected chi connectivity index (χ3v) is 3.57. The van der Waals surface area contributed by atoms with Crippen LogP contribution in [0.3, 0.4) is 0 Å². The van der Waals surface area contributed by atoms with Crippen molar-refractivity contribution in [2.45, 2.75) is 6.17 Å². The van der Waals surface area contributed by atoms with Crippen LogP contribution >= 0.6 is 11.6 Å². The van der Waals surface area contributed by atoms with Gasteiger partial charge in [-0.2, -0.15) is 0 Å². The fraction of sp³-hybridized carbons (Fsp3) is 0.133. The minimum atomic E-state index is -0.444. The number of amides is 1. The van der Waals surface area contributed by atoms with E-state index in [1.807, 2.05) is 0 Å². The van der Waals surface area contributed by atoms with Gasteiger partial charge in [-0.1, -0.05) is 17.7 Å². The highest BCUT2D eigenvalue weighted by Gasteiger charge is 2.25. The van der Waals surface area contributed by atoms with Crippen molar-refractivity contribution in [3.05, 3.63) is 52.5 Å². The number of rotatable bonds is 2. The second-order valence-electron chi connectivity index (χ2n) is 4.67. The second kappa shape index (κ2) is 5.18. The number of methoxy groups -OCH3 is 1. The maximum Gasteiger partial charge on any atom is 0.255 e. The Morgan fingerprint density at radius 2 is 2.00 bits per heavy atom. The monoisotopic (exact) mass is 304 g/mol. The van der Waals surface area contributed by atoms with Crippen LogP contribution in [-0.4, -0.2) is 18.1 Å². The van der Waals surface area contributed by atoms with Crippen LogP contribution in [0.2, 0.25) is 5.02 Å². The standard InChI is InChI=1S/C15H13ClN2O3/c1-21-13-5-2-8(6-12(13)19)14-17-11-7-9(16)3-4-10(11)15(20)18-14/h2-7,14,17,19H,1H3,(H,18,20)/t14-/m0/s1. The van der Waals surface area contributed by atoms with Gasteiger partial charge < -0.3 is 20.5 Å².